The Hall–Kier alpha value is -3.33. The fourth-order valence-electron chi connectivity index (χ4n) is 5.13. The molecule has 1 N–H and O–H groups in total. The first-order valence-electron chi connectivity index (χ1n) is 12.2. The molecule has 1 saturated heterocycles. The predicted molar refractivity (Wildman–Crippen MR) is 135 cm³/mol. The molecule has 188 valence electrons. The molecule has 2 atom stereocenters. The number of carbonyl (C=O) groups excluding carboxylic acids is 4. The number of anilines is 2. The number of hydrogen-bond acceptors (Lipinski definition) is 6. The van der Waals surface area contributed by atoms with Crippen LogP contribution in [0.4, 0.5) is 16.2 Å². The van der Waals surface area contributed by atoms with Crippen molar-refractivity contribution in [1.82, 2.24) is 10.2 Å². The van der Waals surface area contributed by atoms with Gasteiger partial charge in [0.2, 0.25) is 11.8 Å². The number of para-hydroxylation sites is 2. The van der Waals surface area contributed by atoms with Crippen LogP contribution in [0.15, 0.2) is 58.3 Å². The zero-order valence-corrected chi connectivity index (χ0v) is 21.2. The van der Waals surface area contributed by atoms with Gasteiger partial charge < -0.3 is 10.1 Å². The number of carbonyl (C=O) groups is 4. The maximum Gasteiger partial charge on any atom is 0.327 e. The number of benzene rings is 2. The van der Waals surface area contributed by atoms with Crippen LogP contribution in [-0.2, 0) is 19.1 Å². The van der Waals surface area contributed by atoms with Gasteiger partial charge in [0.05, 0.1) is 28.7 Å². The molecule has 2 heterocycles. The van der Waals surface area contributed by atoms with Gasteiger partial charge in [-0.3, -0.25) is 24.2 Å². The van der Waals surface area contributed by atoms with Crippen LogP contribution >= 0.6 is 11.8 Å². The molecule has 2 aromatic carbocycles. The van der Waals surface area contributed by atoms with Crippen LogP contribution in [-0.4, -0.2) is 47.4 Å². The van der Waals surface area contributed by atoms with Crippen molar-refractivity contribution in [2.45, 2.75) is 54.9 Å². The zero-order valence-electron chi connectivity index (χ0n) is 20.4. The summed E-state index contributed by atoms with van der Waals surface area (Å²) in [5, 5.41) is 2.97. The van der Waals surface area contributed by atoms with Gasteiger partial charge in [-0.25, -0.2) is 4.79 Å². The summed E-state index contributed by atoms with van der Waals surface area (Å²) in [5.41, 5.74) is 0.659. The van der Waals surface area contributed by atoms with Crippen molar-refractivity contribution >= 4 is 47.0 Å². The van der Waals surface area contributed by atoms with Crippen molar-refractivity contribution in [3.05, 3.63) is 48.5 Å². The van der Waals surface area contributed by atoms with Gasteiger partial charge in [0.1, 0.15) is 13.2 Å². The number of hydrogen-bond donors (Lipinski definition) is 1. The molecular weight excluding hydrogens is 478 g/mol. The van der Waals surface area contributed by atoms with Gasteiger partial charge in [-0.05, 0) is 51.0 Å². The summed E-state index contributed by atoms with van der Waals surface area (Å²) in [6.07, 6.45) is 3.25. The van der Waals surface area contributed by atoms with E-state index in [2.05, 4.69) is 5.32 Å². The van der Waals surface area contributed by atoms with Gasteiger partial charge in [-0.15, -0.1) is 0 Å². The Morgan fingerprint density at radius 1 is 0.944 bits per heavy atom. The molecule has 1 saturated carbocycles. The maximum absolute atomic E-state index is 13.5. The Labute approximate surface area is 214 Å². The Morgan fingerprint density at radius 2 is 1.47 bits per heavy atom. The van der Waals surface area contributed by atoms with Crippen molar-refractivity contribution in [3.63, 3.8) is 0 Å². The number of rotatable bonds is 5. The highest BCUT2D eigenvalue weighted by Gasteiger charge is 2.48. The van der Waals surface area contributed by atoms with Crippen LogP contribution in [0.5, 0.6) is 0 Å². The molecule has 5 rings (SSSR count). The number of imide groups is 1. The average molecular weight is 508 g/mol. The molecule has 0 radical (unpaired) electrons. The molecule has 0 bridgehead atoms. The first-order chi connectivity index (χ1) is 17.2. The number of urea groups is 1. The molecule has 3 aliphatic rings. The number of ether oxygens (including phenoxy) is 1. The normalized spacial score (nSPS) is 20.9. The molecular formula is C27H29N3O5S. The van der Waals surface area contributed by atoms with E-state index in [1.54, 1.807) is 30.5 Å². The zero-order chi connectivity index (χ0) is 25.4. The molecule has 2 aliphatic heterocycles. The van der Waals surface area contributed by atoms with Gasteiger partial charge >= 0.3 is 12.0 Å². The molecule has 2 fully saturated rings. The summed E-state index contributed by atoms with van der Waals surface area (Å²) in [5.74, 6) is -1.81. The van der Waals surface area contributed by atoms with E-state index in [0.29, 0.717) is 12.8 Å². The number of fused-ring (bicyclic) bond motifs is 3. The maximum atomic E-state index is 13.5. The second-order valence-corrected chi connectivity index (χ2v) is 11.2. The summed E-state index contributed by atoms with van der Waals surface area (Å²) < 4.78 is 5.42. The molecule has 0 aromatic heterocycles. The highest BCUT2D eigenvalue weighted by molar-refractivity contribution is 7.99. The van der Waals surface area contributed by atoms with Gasteiger partial charge in [-0.2, -0.15) is 0 Å². The largest absolute Gasteiger partial charge is 0.462 e. The summed E-state index contributed by atoms with van der Waals surface area (Å²) >= 11 is 1.61. The van der Waals surface area contributed by atoms with Crippen molar-refractivity contribution in [3.8, 4) is 0 Å². The third-order valence-electron chi connectivity index (χ3n) is 6.89. The number of nitrogens with zero attached hydrogens (tertiary/aromatic N) is 2. The minimum atomic E-state index is -0.895. The summed E-state index contributed by atoms with van der Waals surface area (Å²) in [4.78, 5) is 55.9. The van der Waals surface area contributed by atoms with E-state index in [1.165, 1.54) is 0 Å². The van der Waals surface area contributed by atoms with E-state index in [0.717, 1.165) is 38.9 Å². The van der Waals surface area contributed by atoms with Crippen LogP contribution in [0, 0.1) is 11.8 Å². The fourth-order valence-corrected chi connectivity index (χ4v) is 6.19. The van der Waals surface area contributed by atoms with Crippen molar-refractivity contribution in [1.29, 1.82) is 0 Å². The van der Waals surface area contributed by atoms with Crippen LogP contribution in [0.3, 0.4) is 0 Å². The van der Waals surface area contributed by atoms with E-state index in [-0.39, 0.29) is 36.3 Å². The summed E-state index contributed by atoms with van der Waals surface area (Å²) in [6.45, 7) is 3.02. The average Bonchev–Trinajstić information content (AvgIpc) is 3.10. The highest BCUT2D eigenvalue weighted by Crippen LogP contribution is 2.48. The Morgan fingerprint density at radius 3 is 2.03 bits per heavy atom. The molecule has 36 heavy (non-hydrogen) atoms. The lowest BCUT2D eigenvalue weighted by Gasteiger charge is -2.34. The second-order valence-electron chi connectivity index (χ2n) is 10.1. The van der Waals surface area contributed by atoms with Crippen LogP contribution in [0.2, 0.25) is 0 Å². The molecule has 9 heteroatoms. The smallest absolute Gasteiger partial charge is 0.327 e. The SMILES string of the molecule is CC(C)(COC(=O)CN1C(=O)[C@@H]2CCCC[C@H]2C1=O)NC(=O)N1c2ccccc2Sc2ccccc21. The lowest BCUT2D eigenvalue weighted by atomic mass is 9.81. The summed E-state index contributed by atoms with van der Waals surface area (Å²) in [6, 6.07) is 15.0. The van der Waals surface area contributed by atoms with Gasteiger partial charge in [0.25, 0.3) is 0 Å². The third kappa shape index (κ3) is 4.59. The molecule has 4 amide bonds. The lowest BCUT2D eigenvalue weighted by molar-refractivity contribution is -0.154. The molecule has 8 nitrogen and oxygen atoms in total. The third-order valence-corrected chi connectivity index (χ3v) is 8.02. The topological polar surface area (TPSA) is 96.0 Å². The van der Waals surface area contributed by atoms with Crippen LogP contribution < -0.4 is 10.2 Å². The fraction of sp³-hybridized carbons (Fsp3) is 0.407. The molecule has 2 aromatic rings. The second kappa shape index (κ2) is 9.61. The Bertz CT molecular complexity index is 1160. The van der Waals surface area contributed by atoms with E-state index in [1.807, 2.05) is 48.5 Å². The highest BCUT2D eigenvalue weighted by atomic mass is 32.2. The molecule has 1 aliphatic carbocycles. The standard InChI is InChI=1S/C27H29N3O5S/c1-27(2,16-35-23(31)15-29-24(32)17-9-3-4-10-18(17)25(29)33)28-26(34)30-19-11-5-7-13-21(19)36-22-14-8-6-12-20(22)30/h5-8,11-14,17-18H,3-4,9-10,15-16H2,1-2H3,(H,28,34)/t17-,18-/m1/s1. The van der Waals surface area contributed by atoms with E-state index in [9.17, 15) is 19.2 Å². The lowest BCUT2D eigenvalue weighted by Crippen LogP contribution is -2.52. The van der Waals surface area contributed by atoms with Crippen LogP contribution in [0.1, 0.15) is 39.5 Å². The Kier molecular flexibility index (Phi) is 6.51. The quantitative estimate of drug-likeness (QED) is 0.473. The van der Waals surface area contributed by atoms with Gasteiger partial charge in [-0.1, -0.05) is 48.9 Å². The minimum absolute atomic E-state index is 0.105. The number of likely N-dealkylation sites (tertiary alicyclic amines) is 1. The van der Waals surface area contributed by atoms with Crippen molar-refractivity contribution in [2.24, 2.45) is 11.8 Å². The number of esters is 1. The Balaban J connectivity index is 1.23. The molecule has 0 spiro atoms. The minimum Gasteiger partial charge on any atom is -0.462 e. The van der Waals surface area contributed by atoms with E-state index in [4.69, 9.17) is 4.74 Å². The number of nitrogens with one attached hydrogen (secondary N) is 1. The summed E-state index contributed by atoms with van der Waals surface area (Å²) in [7, 11) is 0. The first-order valence-corrected chi connectivity index (χ1v) is 13.1. The monoisotopic (exact) mass is 507 g/mol. The molecule has 0 unspecified atom stereocenters. The number of amides is 4. The van der Waals surface area contributed by atoms with Crippen molar-refractivity contribution < 1.29 is 23.9 Å². The van der Waals surface area contributed by atoms with Gasteiger partial charge in [0, 0.05) is 9.79 Å². The van der Waals surface area contributed by atoms with E-state index >= 15 is 0 Å². The first kappa shape index (κ1) is 24.4. The van der Waals surface area contributed by atoms with E-state index < -0.39 is 18.1 Å². The van der Waals surface area contributed by atoms with Gasteiger partial charge in [0.15, 0.2) is 0 Å². The predicted octanol–water partition coefficient (Wildman–Crippen LogP) is 4.50. The van der Waals surface area contributed by atoms with Crippen LogP contribution in [0.25, 0.3) is 0 Å². The van der Waals surface area contributed by atoms with Crippen molar-refractivity contribution in [2.75, 3.05) is 18.1 Å².